The average Bonchev–Trinajstić information content (AvgIpc) is 2.95. The molecular formula is C11H21N5O. The van der Waals surface area contributed by atoms with Gasteiger partial charge in [0.05, 0.1) is 6.10 Å². The number of nitrogens with two attached hydrogens (primary N) is 1. The number of hydrogen-bond donors (Lipinski definition) is 2. The lowest BCUT2D eigenvalue weighted by molar-refractivity contribution is 0.0771. The first-order chi connectivity index (χ1) is 8.26. The van der Waals surface area contributed by atoms with E-state index >= 15 is 0 Å². The van der Waals surface area contributed by atoms with Crippen LogP contribution in [-0.4, -0.2) is 33.5 Å². The Bertz CT molecular complexity index is 353. The molecule has 0 saturated carbocycles. The minimum Gasteiger partial charge on any atom is -0.378 e. The Kier molecular flexibility index (Phi) is 4.09. The van der Waals surface area contributed by atoms with Crippen LogP contribution in [0.5, 0.6) is 0 Å². The van der Waals surface area contributed by atoms with Crippen LogP contribution in [0.15, 0.2) is 6.33 Å². The van der Waals surface area contributed by atoms with Gasteiger partial charge in [0, 0.05) is 32.0 Å². The summed E-state index contributed by atoms with van der Waals surface area (Å²) in [5.41, 5.74) is 2.91. The second kappa shape index (κ2) is 5.57. The van der Waals surface area contributed by atoms with Crippen LogP contribution in [0.2, 0.25) is 0 Å². The zero-order chi connectivity index (χ0) is 12.3. The summed E-state index contributed by atoms with van der Waals surface area (Å²) in [5, 5.41) is 4.08. The normalized spacial score (nSPS) is 26.3. The number of rotatable bonds is 5. The number of ether oxygens (including phenoxy) is 1. The predicted molar refractivity (Wildman–Crippen MR) is 64.0 cm³/mol. The van der Waals surface area contributed by atoms with Crippen molar-refractivity contribution in [1.29, 1.82) is 0 Å². The Labute approximate surface area is 102 Å². The SMILES string of the molecule is CCC1OCCC1C(Cc1ncnn1C)NN. The highest BCUT2D eigenvalue weighted by Gasteiger charge is 2.33. The Hall–Kier alpha value is -0.980. The third-order valence-electron chi connectivity index (χ3n) is 3.60. The van der Waals surface area contributed by atoms with Crippen molar-refractivity contribution < 1.29 is 4.74 Å². The van der Waals surface area contributed by atoms with Gasteiger partial charge in [-0.25, -0.2) is 4.98 Å². The lowest BCUT2D eigenvalue weighted by Crippen LogP contribution is -2.45. The zero-order valence-corrected chi connectivity index (χ0v) is 10.5. The minimum atomic E-state index is 0.199. The molecule has 1 fully saturated rings. The first-order valence-electron chi connectivity index (χ1n) is 6.16. The standard InChI is InChI=1S/C11H21N5O/c1-3-10-8(4-5-17-10)9(15-12)6-11-13-7-14-16(11)2/h7-10,15H,3-6,12H2,1-2H3. The van der Waals surface area contributed by atoms with E-state index in [1.165, 1.54) is 0 Å². The fraction of sp³-hybridized carbons (Fsp3) is 0.818. The van der Waals surface area contributed by atoms with Crippen molar-refractivity contribution in [2.24, 2.45) is 18.8 Å². The van der Waals surface area contributed by atoms with Crippen molar-refractivity contribution in [2.75, 3.05) is 6.61 Å². The van der Waals surface area contributed by atoms with Crippen LogP contribution < -0.4 is 11.3 Å². The molecular weight excluding hydrogens is 218 g/mol. The minimum absolute atomic E-state index is 0.199. The Morgan fingerprint density at radius 3 is 3.12 bits per heavy atom. The lowest BCUT2D eigenvalue weighted by Gasteiger charge is -2.26. The predicted octanol–water partition coefficient (Wildman–Crippen LogP) is 0.00460. The van der Waals surface area contributed by atoms with Crippen molar-refractivity contribution in [3.05, 3.63) is 12.2 Å². The molecule has 2 heterocycles. The van der Waals surface area contributed by atoms with Gasteiger partial charge >= 0.3 is 0 Å². The number of aromatic nitrogens is 3. The summed E-state index contributed by atoms with van der Waals surface area (Å²) >= 11 is 0. The quantitative estimate of drug-likeness (QED) is 0.559. The van der Waals surface area contributed by atoms with Crippen LogP contribution in [-0.2, 0) is 18.2 Å². The summed E-state index contributed by atoms with van der Waals surface area (Å²) in [5.74, 6) is 7.09. The molecule has 0 bridgehead atoms. The molecule has 6 heteroatoms. The molecule has 3 atom stereocenters. The Morgan fingerprint density at radius 1 is 1.71 bits per heavy atom. The van der Waals surface area contributed by atoms with Crippen LogP contribution in [0.4, 0.5) is 0 Å². The lowest BCUT2D eigenvalue weighted by atomic mass is 9.89. The van der Waals surface area contributed by atoms with Gasteiger partial charge < -0.3 is 4.74 Å². The van der Waals surface area contributed by atoms with Crippen LogP contribution in [0, 0.1) is 5.92 Å². The Balaban J connectivity index is 2.03. The number of nitrogens with zero attached hydrogens (tertiary/aromatic N) is 3. The molecule has 1 aromatic rings. The molecule has 17 heavy (non-hydrogen) atoms. The molecule has 6 nitrogen and oxygen atoms in total. The summed E-state index contributed by atoms with van der Waals surface area (Å²) in [4.78, 5) is 4.24. The summed E-state index contributed by atoms with van der Waals surface area (Å²) in [7, 11) is 1.90. The summed E-state index contributed by atoms with van der Waals surface area (Å²) in [6, 6.07) is 0.199. The highest BCUT2D eigenvalue weighted by Crippen LogP contribution is 2.27. The molecule has 1 aliphatic heterocycles. The van der Waals surface area contributed by atoms with Crippen LogP contribution in [0.25, 0.3) is 0 Å². The van der Waals surface area contributed by atoms with E-state index in [0.29, 0.717) is 12.0 Å². The van der Waals surface area contributed by atoms with Crippen LogP contribution in [0.1, 0.15) is 25.6 Å². The highest BCUT2D eigenvalue weighted by atomic mass is 16.5. The van der Waals surface area contributed by atoms with Crippen molar-refractivity contribution in [2.45, 2.75) is 38.3 Å². The van der Waals surface area contributed by atoms with Crippen molar-refractivity contribution in [1.82, 2.24) is 20.2 Å². The summed E-state index contributed by atoms with van der Waals surface area (Å²) < 4.78 is 7.50. The van der Waals surface area contributed by atoms with E-state index in [1.54, 1.807) is 11.0 Å². The molecule has 96 valence electrons. The zero-order valence-electron chi connectivity index (χ0n) is 10.5. The van der Waals surface area contributed by atoms with Gasteiger partial charge in [0.1, 0.15) is 12.2 Å². The topological polar surface area (TPSA) is 78.0 Å². The molecule has 3 unspecified atom stereocenters. The smallest absolute Gasteiger partial charge is 0.138 e. The van der Waals surface area contributed by atoms with Gasteiger partial charge in [-0.3, -0.25) is 16.0 Å². The monoisotopic (exact) mass is 239 g/mol. The van der Waals surface area contributed by atoms with Crippen LogP contribution >= 0.6 is 0 Å². The molecule has 1 aliphatic rings. The molecule has 2 rings (SSSR count). The number of hydrogen-bond acceptors (Lipinski definition) is 5. The van der Waals surface area contributed by atoms with E-state index < -0.39 is 0 Å². The fourth-order valence-corrected chi connectivity index (χ4v) is 2.58. The van der Waals surface area contributed by atoms with Gasteiger partial charge in [-0.2, -0.15) is 5.10 Å². The van der Waals surface area contributed by atoms with E-state index in [1.807, 2.05) is 7.05 Å². The van der Waals surface area contributed by atoms with Gasteiger partial charge in [0.25, 0.3) is 0 Å². The largest absolute Gasteiger partial charge is 0.378 e. The first-order valence-corrected chi connectivity index (χ1v) is 6.16. The molecule has 1 saturated heterocycles. The van der Waals surface area contributed by atoms with E-state index in [0.717, 1.165) is 31.7 Å². The third kappa shape index (κ3) is 2.65. The maximum atomic E-state index is 5.71. The first kappa shape index (κ1) is 12.5. The second-order valence-corrected chi connectivity index (χ2v) is 4.55. The van der Waals surface area contributed by atoms with E-state index in [9.17, 15) is 0 Å². The number of nitrogens with one attached hydrogen (secondary N) is 1. The second-order valence-electron chi connectivity index (χ2n) is 4.55. The molecule has 0 aromatic carbocycles. The number of hydrazine groups is 1. The van der Waals surface area contributed by atoms with Gasteiger partial charge in [-0.05, 0) is 12.8 Å². The maximum Gasteiger partial charge on any atom is 0.138 e. The average molecular weight is 239 g/mol. The van der Waals surface area contributed by atoms with E-state index in [2.05, 4.69) is 22.4 Å². The molecule has 0 spiro atoms. The number of aryl methyl sites for hydroxylation is 1. The van der Waals surface area contributed by atoms with Crippen molar-refractivity contribution in [3.8, 4) is 0 Å². The van der Waals surface area contributed by atoms with Gasteiger partial charge in [-0.15, -0.1) is 0 Å². The molecule has 0 amide bonds. The molecule has 3 N–H and O–H groups in total. The Morgan fingerprint density at radius 2 is 2.53 bits per heavy atom. The van der Waals surface area contributed by atoms with E-state index in [-0.39, 0.29) is 6.04 Å². The van der Waals surface area contributed by atoms with Crippen molar-refractivity contribution in [3.63, 3.8) is 0 Å². The molecule has 1 aromatic heterocycles. The highest BCUT2D eigenvalue weighted by molar-refractivity contribution is 4.94. The van der Waals surface area contributed by atoms with E-state index in [4.69, 9.17) is 10.6 Å². The summed E-state index contributed by atoms with van der Waals surface area (Å²) in [6.45, 7) is 2.99. The van der Waals surface area contributed by atoms with Crippen molar-refractivity contribution >= 4 is 0 Å². The maximum absolute atomic E-state index is 5.71. The van der Waals surface area contributed by atoms with Crippen LogP contribution in [0.3, 0.4) is 0 Å². The van der Waals surface area contributed by atoms with Gasteiger partial charge in [-0.1, -0.05) is 6.92 Å². The molecule has 0 radical (unpaired) electrons. The van der Waals surface area contributed by atoms with Gasteiger partial charge in [0.2, 0.25) is 0 Å². The molecule has 0 aliphatic carbocycles. The fourth-order valence-electron chi connectivity index (χ4n) is 2.58. The van der Waals surface area contributed by atoms with Gasteiger partial charge in [0.15, 0.2) is 0 Å². The third-order valence-corrected chi connectivity index (χ3v) is 3.60. The summed E-state index contributed by atoms with van der Waals surface area (Å²) in [6.07, 6.45) is 4.76.